The molecule has 0 N–H and O–H groups in total. The molecule has 1 saturated heterocycles. The van der Waals surface area contributed by atoms with Crippen molar-refractivity contribution in [1.29, 1.82) is 0 Å². The van der Waals surface area contributed by atoms with Crippen LogP contribution in [0.4, 0.5) is 0 Å². The first-order chi connectivity index (χ1) is 11.5. The lowest BCUT2D eigenvalue weighted by Crippen LogP contribution is -2.44. The molecule has 1 aromatic carbocycles. The van der Waals surface area contributed by atoms with Crippen LogP contribution in [0.25, 0.3) is 0 Å². The Balaban J connectivity index is 1.62. The van der Waals surface area contributed by atoms with Crippen LogP contribution in [0.2, 0.25) is 0 Å². The molecule has 0 unspecified atom stereocenters. The Hall–Kier alpha value is -2.24. The van der Waals surface area contributed by atoms with Gasteiger partial charge in [-0.3, -0.25) is 9.59 Å². The van der Waals surface area contributed by atoms with Gasteiger partial charge in [0.2, 0.25) is 18.6 Å². The van der Waals surface area contributed by atoms with E-state index in [-0.39, 0.29) is 25.2 Å². The van der Waals surface area contributed by atoms with E-state index in [4.69, 9.17) is 9.47 Å². The minimum atomic E-state index is -0.105. The quantitative estimate of drug-likeness (QED) is 0.846. The average Bonchev–Trinajstić information content (AvgIpc) is 3.02. The van der Waals surface area contributed by atoms with Crippen LogP contribution in [0.1, 0.15) is 32.3 Å². The molecule has 130 valence electrons. The summed E-state index contributed by atoms with van der Waals surface area (Å²) in [6.07, 6.45) is 2.07. The van der Waals surface area contributed by atoms with Gasteiger partial charge in [0.15, 0.2) is 11.5 Å². The third-order valence-electron chi connectivity index (χ3n) is 4.72. The summed E-state index contributed by atoms with van der Waals surface area (Å²) >= 11 is 0. The van der Waals surface area contributed by atoms with E-state index in [1.165, 1.54) is 6.92 Å². The summed E-state index contributed by atoms with van der Waals surface area (Å²) in [7, 11) is 0. The zero-order valence-corrected chi connectivity index (χ0v) is 14.3. The molecule has 2 aliphatic heterocycles. The molecular weight excluding hydrogens is 308 g/mol. The average molecular weight is 332 g/mol. The Morgan fingerprint density at radius 3 is 2.62 bits per heavy atom. The van der Waals surface area contributed by atoms with Gasteiger partial charge >= 0.3 is 0 Å². The fourth-order valence-corrected chi connectivity index (χ4v) is 3.06. The summed E-state index contributed by atoms with van der Waals surface area (Å²) in [5.74, 6) is 2.00. The molecule has 2 heterocycles. The van der Waals surface area contributed by atoms with Gasteiger partial charge in [-0.15, -0.1) is 0 Å². The minimum absolute atomic E-state index is 0.0258. The highest BCUT2D eigenvalue weighted by molar-refractivity contribution is 5.83. The maximum atomic E-state index is 12.5. The predicted molar refractivity (Wildman–Crippen MR) is 88.6 cm³/mol. The summed E-state index contributed by atoms with van der Waals surface area (Å²) in [6.45, 7) is 6.02. The van der Waals surface area contributed by atoms with Gasteiger partial charge < -0.3 is 19.3 Å². The smallest absolute Gasteiger partial charge is 0.242 e. The fourth-order valence-electron chi connectivity index (χ4n) is 3.06. The van der Waals surface area contributed by atoms with Gasteiger partial charge in [0, 0.05) is 26.6 Å². The van der Waals surface area contributed by atoms with Crippen LogP contribution in [0.15, 0.2) is 18.2 Å². The van der Waals surface area contributed by atoms with Gasteiger partial charge in [0.05, 0.1) is 0 Å². The zero-order valence-electron chi connectivity index (χ0n) is 14.3. The van der Waals surface area contributed by atoms with E-state index in [2.05, 4.69) is 6.92 Å². The van der Waals surface area contributed by atoms with Gasteiger partial charge in [0.25, 0.3) is 0 Å². The first kappa shape index (κ1) is 16.6. The minimum Gasteiger partial charge on any atom is -0.454 e. The van der Waals surface area contributed by atoms with Crippen molar-refractivity contribution >= 4 is 11.8 Å². The standard InChI is InChI=1S/C18H24N2O4/c1-13-5-7-19(8-6-13)18(22)11-20(14(2)21)10-15-3-4-16-17(9-15)24-12-23-16/h3-4,9,13H,5-8,10-12H2,1-2H3. The molecule has 2 aliphatic rings. The molecule has 24 heavy (non-hydrogen) atoms. The summed E-state index contributed by atoms with van der Waals surface area (Å²) in [6, 6.07) is 5.60. The molecule has 2 amide bonds. The maximum absolute atomic E-state index is 12.5. The second-order valence-electron chi connectivity index (χ2n) is 6.63. The molecule has 1 fully saturated rings. The van der Waals surface area contributed by atoms with Crippen molar-refractivity contribution < 1.29 is 19.1 Å². The van der Waals surface area contributed by atoms with Crippen molar-refractivity contribution in [2.24, 2.45) is 5.92 Å². The number of fused-ring (bicyclic) bond motifs is 1. The van der Waals surface area contributed by atoms with Gasteiger partial charge in [-0.25, -0.2) is 0 Å². The van der Waals surface area contributed by atoms with Crippen LogP contribution in [0, 0.1) is 5.92 Å². The summed E-state index contributed by atoms with van der Waals surface area (Å²) < 4.78 is 10.7. The lowest BCUT2D eigenvalue weighted by molar-refractivity contribution is -0.140. The molecule has 0 aliphatic carbocycles. The van der Waals surface area contributed by atoms with Crippen LogP contribution in [0.5, 0.6) is 11.5 Å². The second-order valence-corrected chi connectivity index (χ2v) is 6.63. The Kier molecular flexibility index (Phi) is 4.92. The van der Waals surface area contributed by atoms with Gasteiger partial charge in [0.1, 0.15) is 6.54 Å². The van der Waals surface area contributed by atoms with Crippen LogP contribution in [0.3, 0.4) is 0 Å². The Morgan fingerprint density at radius 2 is 1.92 bits per heavy atom. The second kappa shape index (κ2) is 7.11. The number of nitrogens with zero attached hydrogens (tertiary/aromatic N) is 2. The van der Waals surface area contributed by atoms with E-state index in [0.29, 0.717) is 24.0 Å². The highest BCUT2D eigenvalue weighted by atomic mass is 16.7. The van der Waals surface area contributed by atoms with E-state index in [0.717, 1.165) is 31.5 Å². The van der Waals surface area contributed by atoms with Crippen molar-refractivity contribution in [3.63, 3.8) is 0 Å². The van der Waals surface area contributed by atoms with E-state index in [1.807, 2.05) is 23.1 Å². The number of ether oxygens (including phenoxy) is 2. The molecule has 0 saturated carbocycles. The number of likely N-dealkylation sites (tertiary alicyclic amines) is 1. The monoisotopic (exact) mass is 332 g/mol. The number of piperidine rings is 1. The molecule has 6 heteroatoms. The number of hydrogen-bond donors (Lipinski definition) is 0. The molecule has 0 atom stereocenters. The number of hydrogen-bond acceptors (Lipinski definition) is 4. The normalized spacial score (nSPS) is 17.0. The SMILES string of the molecule is CC(=O)N(CC(=O)N1CCC(C)CC1)Cc1ccc2c(c1)OCO2. The molecule has 0 bridgehead atoms. The van der Waals surface area contributed by atoms with E-state index >= 15 is 0 Å². The topological polar surface area (TPSA) is 59.1 Å². The van der Waals surface area contributed by atoms with Crippen molar-refractivity contribution in [2.75, 3.05) is 26.4 Å². The Bertz CT molecular complexity index is 623. The van der Waals surface area contributed by atoms with Crippen LogP contribution < -0.4 is 9.47 Å². The molecule has 1 aromatic rings. The molecule has 0 aromatic heterocycles. The Labute approximate surface area is 142 Å². The Morgan fingerprint density at radius 1 is 1.21 bits per heavy atom. The molecule has 6 nitrogen and oxygen atoms in total. The van der Waals surface area contributed by atoms with E-state index in [9.17, 15) is 9.59 Å². The molecular formula is C18H24N2O4. The van der Waals surface area contributed by atoms with E-state index in [1.54, 1.807) is 4.90 Å². The number of carbonyl (C=O) groups is 2. The lowest BCUT2D eigenvalue weighted by atomic mass is 9.99. The summed E-state index contributed by atoms with van der Waals surface area (Å²) in [5, 5.41) is 0. The fraction of sp³-hybridized carbons (Fsp3) is 0.556. The maximum Gasteiger partial charge on any atom is 0.242 e. The number of amides is 2. The zero-order chi connectivity index (χ0) is 17.1. The molecule has 0 spiro atoms. The van der Waals surface area contributed by atoms with Crippen LogP contribution in [-0.4, -0.2) is 48.0 Å². The van der Waals surface area contributed by atoms with Crippen molar-refractivity contribution in [3.05, 3.63) is 23.8 Å². The highest BCUT2D eigenvalue weighted by Gasteiger charge is 2.23. The summed E-state index contributed by atoms with van der Waals surface area (Å²) in [4.78, 5) is 27.9. The van der Waals surface area contributed by atoms with Gasteiger partial charge in [-0.05, 0) is 36.5 Å². The first-order valence-corrected chi connectivity index (χ1v) is 8.44. The van der Waals surface area contributed by atoms with Crippen molar-refractivity contribution in [1.82, 2.24) is 9.80 Å². The molecule has 3 rings (SSSR count). The largest absolute Gasteiger partial charge is 0.454 e. The highest BCUT2D eigenvalue weighted by Crippen LogP contribution is 2.32. The third kappa shape index (κ3) is 3.80. The first-order valence-electron chi connectivity index (χ1n) is 8.44. The van der Waals surface area contributed by atoms with Crippen molar-refractivity contribution in [3.8, 4) is 11.5 Å². The number of rotatable bonds is 4. The van der Waals surface area contributed by atoms with Gasteiger partial charge in [-0.2, -0.15) is 0 Å². The predicted octanol–water partition coefficient (Wildman–Crippen LogP) is 2.02. The third-order valence-corrected chi connectivity index (χ3v) is 4.72. The number of carbonyl (C=O) groups excluding carboxylic acids is 2. The van der Waals surface area contributed by atoms with Crippen LogP contribution in [-0.2, 0) is 16.1 Å². The van der Waals surface area contributed by atoms with Gasteiger partial charge in [-0.1, -0.05) is 13.0 Å². The van der Waals surface area contributed by atoms with E-state index < -0.39 is 0 Å². The summed E-state index contributed by atoms with van der Waals surface area (Å²) in [5.41, 5.74) is 0.925. The van der Waals surface area contributed by atoms with Crippen molar-refractivity contribution in [2.45, 2.75) is 33.2 Å². The van der Waals surface area contributed by atoms with Crippen LogP contribution >= 0.6 is 0 Å². The molecule has 0 radical (unpaired) electrons. The number of benzene rings is 1. The lowest BCUT2D eigenvalue weighted by Gasteiger charge is -2.32.